The number of para-hydroxylation sites is 1. The molecule has 0 aromatic heterocycles. The Balaban J connectivity index is 2.02. The molecule has 1 heterocycles. The van der Waals surface area contributed by atoms with E-state index >= 15 is 0 Å². The fraction of sp³-hybridized carbons (Fsp3) is 0.222. The second-order valence-electron chi connectivity index (χ2n) is 6.13. The molecule has 0 spiro atoms. The molecule has 0 bridgehead atoms. The zero-order valence-electron chi connectivity index (χ0n) is 13.0. The highest BCUT2D eigenvalue weighted by molar-refractivity contribution is 6.08. The van der Waals surface area contributed by atoms with Crippen molar-refractivity contribution in [2.24, 2.45) is 16.3 Å². The molecule has 118 valence electrons. The smallest absolute Gasteiger partial charge is 0.209 e. The van der Waals surface area contributed by atoms with Gasteiger partial charge in [-0.2, -0.15) is 5.10 Å². The van der Waals surface area contributed by atoms with E-state index in [2.05, 4.69) is 24.2 Å². The standard InChI is InChI=1S/C18H20N4O/c1-18(11-13-7-3-2-4-8-13)12-22(17(19)20)21-16(18)14-9-5-6-10-15(14)23/h2-10,23H,11-12H2,1H3,(H3,19,20). The first-order valence-electron chi connectivity index (χ1n) is 7.52. The Labute approximate surface area is 135 Å². The number of aromatic hydroxyl groups is 1. The van der Waals surface area contributed by atoms with Gasteiger partial charge in [0.05, 0.1) is 12.3 Å². The van der Waals surface area contributed by atoms with E-state index in [4.69, 9.17) is 11.1 Å². The van der Waals surface area contributed by atoms with Gasteiger partial charge in [0.15, 0.2) is 0 Å². The Morgan fingerprint density at radius 1 is 1.22 bits per heavy atom. The summed E-state index contributed by atoms with van der Waals surface area (Å²) in [5.41, 5.74) is 7.92. The third kappa shape index (κ3) is 2.90. The van der Waals surface area contributed by atoms with Crippen LogP contribution in [0.1, 0.15) is 18.1 Å². The molecule has 0 fully saturated rings. The van der Waals surface area contributed by atoms with Gasteiger partial charge in [-0.15, -0.1) is 0 Å². The second-order valence-corrected chi connectivity index (χ2v) is 6.13. The van der Waals surface area contributed by atoms with Gasteiger partial charge in [0.2, 0.25) is 5.96 Å². The Kier molecular flexibility index (Phi) is 3.78. The lowest BCUT2D eigenvalue weighted by molar-refractivity contribution is 0.355. The first-order chi connectivity index (χ1) is 11.0. The number of nitrogens with one attached hydrogen (secondary N) is 1. The second kappa shape index (κ2) is 5.76. The average molecular weight is 308 g/mol. The summed E-state index contributed by atoms with van der Waals surface area (Å²) in [6, 6.07) is 17.3. The molecule has 1 aliphatic rings. The third-order valence-electron chi connectivity index (χ3n) is 4.17. The number of nitrogens with zero attached hydrogens (tertiary/aromatic N) is 2. The summed E-state index contributed by atoms with van der Waals surface area (Å²) in [5.74, 6) is 0.102. The van der Waals surface area contributed by atoms with E-state index in [9.17, 15) is 5.11 Å². The number of rotatable bonds is 3. The van der Waals surface area contributed by atoms with E-state index in [1.54, 1.807) is 12.1 Å². The van der Waals surface area contributed by atoms with Gasteiger partial charge in [0.25, 0.3) is 0 Å². The normalized spacial score (nSPS) is 20.4. The molecule has 23 heavy (non-hydrogen) atoms. The van der Waals surface area contributed by atoms with Crippen molar-refractivity contribution >= 4 is 11.7 Å². The van der Waals surface area contributed by atoms with Gasteiger partial charge in [0.1, 0.15) is 5.75 Å². The number of nitrogens with two attached hydrogens (primary N) is 1. The molecule has 5 heteroatoms. The minimum Gasteiger partial charge on any atom is -0.507 e. The van der Waals surface area contributed by atoms with Crippen molar-refractivity contribution in [1.82, 2.24) is 5.01 Å². The van der Waals surface area contributed by atoms with Crippen LogP contribution < -0.4 is 5.73 Å². The summed E-state index contributed by atoms with van der Waals surface area (Å²) >= 11 is 0. The van der Waals surface area contributed by atoms with Crippen molar-refractivity contribution in [3.63, 3.8) is 0 Å². The van der Waals surface area contributed by atoms with Gasteiger partial charge in [-0.1, -0.05) is 49.4 Å². The molecule has 0 saturated heterocycles. The molecule has 2 aromatic carbocycles. The van der Waals surface area contributed by atoms with Crippen molar-refractivity contribution in [2.45, 2.75) is 13.3 Å². The Hall–Kier alpha value is -2.82. The summed E-state index contributed by atoms with van der Waals surface area (Å²) < 4.78 is 0. The van der Waals surface area contributed by atoms with E-state index in [1.807, 2.05) is 30.3 Å². The maximum Gasteiger partial charge on any atom is 0.209 e. The largest absolute Gasteiger partial charge is 0.507 e. The molecule has 0 amide bonds. The van der Waals surface area contributed by atoms with Gasteiger partial charge < -0.3 is 10.8 Å². The van der Waals surface area contributed by atoms with Crippen LogP contribution in [-0.4, -0.2) is 28.3 Å². The topological polar surface area (TPSA) is 85.7 Å². The lowest BCUT2D eigenvalue weighted by atomic mass is 9.77. The molecule has 0 radical (unpaired) electrons. The van der Waals surface area contributed by atoms with E-state index in [0.29, 0.717) is 12.1 Å². The van der Waals surface area contributed by atoms with Gasteiger partial charge in [-0.05, 0) is 24.1 Å². The lowest BCUT2D eigenvalue weighted by Gasteiger charge is -2.26. The Bertz CT molecular complexity index is 757. The maximum absolute atomic E-state index is 10.2. The predicted molar refractivity (Wildman–Crippen MR) is 91.5 cm³/mol. The number of guanidine groups is 1. The summed E-state index contributed by atoms with van der Waals surface area (Å²) in [7, 11) is 0. The maximum atomic E-state index is 10.2. The molecular formula is C18H20N4O. The van der Waals surface area contributed by atoms with Crippen LogP contribution in [0.5, 0.6) is 5.75 Å². The third-order valence-corrected chi connectivity index (χ3v) is 4.17. The van der Waals surface area contributed by atoms with Crippen LogP contribution in [0, 0.1) is 10.8 Å². The number of hydrazone groups is 1. The quantitative estimate of drug-likeness (QED) is 0.601. The fourth-order valence-corrected chi connectivity index (χ4v) is 3.06. The van der Waals surface area contributed by atoms with Crippen molar-refractivity contribution in [1.29, 1.82) is 5.41 Å². The fourth-order valence-electron chi connectivity index (χ4n) is 3.06. The van der Waals surface area contributed by atoms with Crippen molar-refractivity contribution < 1.29 is 5.11 Å². The minimum absolute atomic E-state index is 0.0882. The SMILES string of the molecule is CC1(Cc2ccccc2)CN(C(=N)N)N=C1c1ccccc1O. The van der Waals surface area contributed by atoms with Crippen LogP contribution in [0.15, 0.2) is 59.7 Å². The van der Waals surface area contributed by atoms with Crippen LogP contribution in [0.2, 0.25) is 0 Å². The molecule has 0 saturated carbocycles. The highest BCUT2D eigenvalue weighted by Gasteiger charge is 2.41. The highest BCUT2D eigenvalue weighted by Crippen LogP contribution is 2.36. The summed E-state index contributed by atoms with van der Waals surface area (Å²) in [6.07, 6.45) is 0.755. The summed E-state index contributed by atoms with van der Waals surface area (Å²) in [6.45, 7) is 2.61. The van der Waals surface area contributed by atoms with Crippen molar-refractivity contribution in [3.8, 4) is 5.75 Å². The Morgan fingerprint density at radius 3 is 2.52 bits per heavy atom. The molecular weight excluding hydrogens is 288 g/mol. The van der Waals surface area contributed by atoms with Gasteiger partial charge in [-0.3, -0.25) is 5.41 Å². The summed E-state index contributed by atoms with van der Waals surface area (Å²) in [4.78, 5) is 0. The molecule has 3 rings (SSSR count). The number of hydrogen-bond donors (Lipinski definition) is 3. The molecule has 0 aliphatic carbocycles. The number of benzene rings is 2. The predicted octanol–water partition coefficient (Wildman–Crippen LogP) is 2.55. The molecule has 1 aliphatic heterocycles. The van der Waals surface area contributed by atoms with E-state index in [0.717, 1.165) is 12.1 Å². The van der Waals surface area contributed by atoms with Gasteiger partial charge in [0, 0.05) is 11.0 Å². The molecule has 2 aromatic rings. The first-order valence-corrected chi connectivity index (χ1v) is 7.52. The lowest BCUT2D eigenvalue weighted by Crippen LogP contribution is -2.37. The van der Waals surface area contributed by atoms with E-state index in [1.165, 1.54) is 10.6 Å². The van der Waals surface area contributed by atoms with E-state index < -0.39 is 0 Å². The minimum atomic E-state index is -0.341. The monoisotopic (exact) mass is 308 g/mol. The molecule has 5 nitrogen and oxygen atoms in total. The zero-order valence-corrected chi connectivity index (χ0v) is 13.0. The van der Waals surface area contributed by atoms with Crippen LogP contribution in [-0.2, 0) is 6.42 Å². The molecule has 4 N–H and O–H groups in total. The average Bonchev–Trinajstić information content (AvgIpc) is 2.86. The highest BCUT2D eigenvalue weighted by atomic mass is 16.3. The van der Waals surface area contributed by atoms with Gasteiger partial charge in [-0.25, -0.2) is 5.01 Å². The van der Waals surface area contributed by atoms with Crippen LogP contribution in [0.25, 0.3) is 0 Å². The van der Waals surface area contributed by atoms with Crippen LogP contribution in [0.3, 0.4) is 0 Å². The molecule has 1 unspecified atom stereocenters. The van der Waals surface area contributed by atoms with Crippen LogP contribution >= 0.6 is 0 Å². The Morgan fingerprint density at radius 2 is 1.87 bits per heavy atom. The van der Waals surface area contributed by atoms with Crippen molar-refractivity contribution in [2.75, 3.05) is 6.54 Å². The number of hydrogen-bond acceptors (Lipinski definition) is 3. The van der Waals surface area contributed by atoms with Gasteiger partial charge >= 0.3 is 0 Å². The summed E-state index contributed by atoms with van der Waals surface area (Å²) in [5, 5.41) is 23.9. The van der Waals surface area contributed by atoms with Crippen molar-refractivity contribution in [3.05, 3.63) is 65.7 Å². The zero-order chi connectivity index (χ0) is 16.4. The van der Waals surface area contributed by atoms with E-state index in [-0.39, 0.29) is 17.1 Å². The number of phenolic OH excluding ortho intramolecular Hbond substituents is 1. The van der Waals surface area contributed by atoms with Crippen LogP contribution in [0.4, 0.5) is 0 Å². The molecule has 1 atom stereocenters. The number of phenols is 1. The first kappa shape index (κ1) is 15.1.